The Labute approximate surface area is 158 Å². The van der Waals surface area contributed by atoms with Crippen molar-refractivity contribution >= 4 is 5.82 Å². The van der Waals surface area contributed by atoms with Gasteiger partial charge >= 0.3 is 0 Å². The number of anilines is 1. The molecule has 1 aromatic heterocycles. The van der Waals surface area contributed by atoms with Crippen LogP contribution in [0.15, 0.2) is 24.3 Å². The average Bonchev–Trinajstić information content (AvgIpc) is 3.02. The molecule has 0 aliphatic carbocycles. The van der Waals surface area contributed by atoms with E-state index in [1.807, 2.05) is 0 Å². The van der Waals surface area contributed by atoms with E-state index in [0.29, 0.717) is 0 Å². The van der Waals surface area contributed by atoms with Crippen LogP contribution >= 0.6 is 0 Å². The molecule has 0 aliphatic rings. The largest absolute Gasteiger partial charge is 0.496 e. The second-order valence-corrected chi connectivity index (χ2v) is 6.71. The molecule has 1 N–H and O–H groups in total. The van der Waals surface area contributed by atoms with E-state index in [1.165, 1.54) is 23.2 Å². The molecule has 0 spiro atoms. The van der Waals surface area contributed by atoms with Gasteiger partial charge in [-0.1, -0.05) is 33.3 Å². The predicted molar refractivity (Wildman–Crippen MR) is 109 cm³/mol. The third-order valence-corrected chi connectivity index (χ3v) is 4.81. The summed E-state index contributed by atoms with van der Waals surface area (Å²) in [5.74, 6) is 1.90. The fraction of sp³-hybridized carbons (Fsp3) is 0.571. The molecule has 0 fully saturated rings. The van der Waals surface area contributed by atoms with E-state index in [-0.39, 0.29) is 0 Å². The molecule has 144 valence electrons. The zero-order valence-electron chi connectivity index (χ0n) is 17.0. The van der Waals surface area contributed by atoms with Gasteiger partial charge in [-0.15, -0.1) is 0 Å². The van der Waals surface area contributed by atoms with Gasteiger partial charge < -0.3 is 10.1 Å². The highest BCUT2D eigenvalue weighted by molar-refractivity contribution is 5.41. The number of aromatic nitrogens is 2. The molecule has 0 atom stereocenters. The summed E-state index contributed by atoms with van der Waals surface area (Å²) in [5.41, 5.74) is 3.69. The lowest BCUT2D eigenvalue weighted by Crippen LogP contribution is -2.22. The smallest absolute Gasteiger partial charge is 0.148 e. The van der Waals surface area contributed by atoms with Crippen molar-refractivity contribution < 1.29 is 4.74 Å². The molecule has 1 aromatic carbocycles. The van der Waals surface area contributed by atoms with E-state index in [0.717, 1.165) is 50.7 Å². The normalized spacial score (nSPS) is 11.2. The molecule has 2 aromatic rings. The standard InChI is InChI=1S/C21H34N4O/c1-6-9-12-25-17(4)13-21(23-25)22-15-18-10-11-20(26-5)19(14-18)16-24(7-2)8-3/h10-11,13-14H,6-9,12,15-16H2,1-5H3,(H,22,23). The molecule has 0 radical (unpaired) electrons. The minimum atomic E-state index is 0.763. The third-order valence-electron chi connectivity index (χ3n) is 4.81. The van der Waals surface area contributed by atoms with Gasteiger partial charge in [-0.05, 0) is 44.1 Å². The monoisotopic (exact) mass is 358 g/mol. The molecule has 0 aliphatic heterocycles. The highest BCUT2D eigenvalue weighted by atomic mass is 16.5. The minimum Gasteiger partial charge on any atom is -0.496 e. The maximum absolute atomic E-state index is 5.55. The van der Waals surface area contributed by atoms with Crippen LogP contribution in [-0.4, -0.2) is 34.9 Å². The van der Waals surface area contributed by atoms with Gasteiger partial charge in [0.25, 0.3) is 0 Å². The quantitative estimate of drug-likeness (QED) is 0.644. The van der Waals surface area contributed by atoms with Crippen molar-refractivity contribution in [3.63, 3.8) is 0 Å². The van der Waals surface area contributed by atoms with Crippen LogP contribution in [0.25, 0.3) is 0 Å². The summed E-state index contributed by atoms with van der Waals surface area (Å²) >= 11 is 0. The highest BCUT2D eigenvalue weighted by Gasteiger charge is 2.09. The topological polar surface area (TPSA) is 42.3 Å². The number of nitrogens with one attached hydrogen (secondary N) is 1. The van der Waals surface area contributed by atoms with Crippen LogP contribution in [0.5, 0.6) is 5.75 Å². The molecule has 5 heteroatoms. The van der Waals surface area contributed by atoms with Crippen LogP contribution in [0.3, 0.4) is 0 Å². The van der Waals surface area contributed by atoms with Gasteiger partial charge in [0.2, 0.25) is 0 Å². The Bertz CT molecular complexity index is 677. The van der Waals surface area contributed by atoms with Crippen LogP contribution in [0.2, 0.25) is 0 Å². The van der Waals surface area contributed by atoms with Crippen LogP contribution in [0, 0.1) is 6.92 Å². The maximum Gasteiger partial charge on any atom is 0.148 e. The summed E-state index contributed by atoms with van der Waals surface area (Å²) in [6.07, 6.45) is 2.35. The van der Waals surface area contributed by atoms with E-state index in [1.54, 1.807) is 7.11 Å². The van der Waals surface area contributed by atoms with Crippen LogP contribution in [0.1, 0.15) is 50.4 Å². The van der Waals surface area contributed by atoms with Gasteiger partial charge in [0.15, 0.2) is 0 Å². The Kier molecular flexibility index (Phi) is 7.98. The van der Waals surface area contributed by atoms with Gasteiger partial charge in [-0.25, -0.2) is 0 Å². The van der Waals surface area contributed by atoms with Gasteiger partial charge in [0.1, 0.15) is 11.6 Å². The first-order chi connectivity index (χ1) is 12.6. The summed E-state index contributed by atoms with van der Waals surface area (Å²) in [7, 11) is 1.74. The van der Waals surface area contributed by atoms with Gasteiger partial charge in [0, 0.05) is 37.0 Å². The van der Waals surface area contributed by atoms with Crippen molar-refractivity contribution in [1.82, 2.24) is 14.7 Å². The lowest BCUT2D eigenvalue weighted by Gasteiger charge is -2.20. The number of hydrogen-bond donors (Lipinski definition) is 1. The van der Waals surface area contributed by atoms with Crippen molar-refractivity contribution in [3.05, 3.63) is 41.1 Å². The number of ether oxygens (including phenoxy) is 1. The van der Waals surface area contributed by atoms with Crippen molar-refractivity contribution in [2.45, 2.75) is 60.2 Å². The molecule has 0 bridgehead atoms. The Hall–Kier alpha value is -2.01. The van der Waals surface area contributed by atoms with Crippen molar-refractivity contribution in [2.24, 2.45) is 0 Å². The van der Waals surface area contributed by atoms with Crippen LogP contribution in [0.4, 0.5) is 5.82 Å². The molecule has 26 heavy (non-hydrogen) atoms. The van der Waals surface area contributed by atoms with E-state index in [2.05, 4.69) is 72.0 Å². The number of methoxy groups -OCH3 is 1. The summed E-state index contributed by atoms with van der Waals surface area (Å²) < 4.78 is 7.64. The second kappa shape index (κ2) is 10.2. The van der Waals surface area contributed by atoms with E-state index in [9.17, 15) is 0 Å². The maximum atomic E-state index is 5.55. The lowest BCUT2D eigenvalue weighted by molar-refractivity contribution is 0.289. The zero-order chi connectivity index (χ0) is 18.9. The Morgan fingerprint density at radius 2 is 1.92 bits per heavy atom. The number of rotatable bonds is 11. The first kappa shape index (κ1) is 20.3. The number of benzene rings is 1. The molecule has 0 unspecified atom stereocenters. The lowest BCUT2D eigenvalue weighted by atomic mass is 10.1. The predicted octanol–water partition coefficient (Wildman–Crippen LogP) is 4.45. The summed E-state index contributed by atoms with van der Waals surface area (Å²) in [6, 6.07) is 8.56. The van der Waals surface area contributed by atoms with E-state index < -0.39 is 0 Å². The van der Waals surface area contributed by atoms with E-state index >= 15 is 0 Å². The second-order valence-electron chi connectivity index (χ2n) is 6.71. The first-order valence-corrected chi connectivity index (χ1v) is 9.77. The zero-order valence-corrected chi connectivity index (χ0v) is 17.0. The summed E-state index contributed by atoms with van der Waals surface area (Å²) in [6.45, 7) is 13.4. The SMILES string of the molecule is CCCCn1nc(NCc2ccc(OC)c(CN(CC)CC)c2)cc1C. The van der Waals surface area contributed by atoms with Crippen molar-refractivity contribution in [2.75, 3.05) is 25.5 Å². The summed E-state index contributed by atoms with van der Waals surface area (Å²) in [5, 5.41) is 8.12. The van der Waals surface area contributed by atoms with Gasteiger partial charge in [0.05, 0.1) is 7.11 Å². The fourth-order valence-corrected chi connectivity index (χ4v) is 3.08. The minimum absolute atomic E-state index is 0.763. The molecule has 5 nitrogen and oxygen atoms in total. The summed E-state index contributed by atoms with van der Waals surface area (Å²) in [4.78, 5) is 2.40. The number of unbranched alkanes of at least 4 members (excludes halogenated alkanes) is 1. The Morgan fingerprint density at radius 1 is 1.15 bits per heavy atom. The molecule has 1 heterocycles. The van der Waals surface area contributed by atoms with Gasteiger partial charge in [-0.3, -0.25) is 9.58 Å². The van der Waals surface area contributed by atoms with Gasteiger partial charge in [-0.2, -0.15) is 5.10 Å². The van der Waals surface area contributed by atoms with Crippen molar-refractivity contribution in [1.29, 1.82) is 0 Å². The Morgan fingerprint density at radius 3 is 2.58 bits per heavy atom. The highest BCUT2D eigenvalue weighted by Crippen LogP contribution is 2.22. The molecular formula is C21H34N4O. The van der Waals surface area contributed by atoms with Crippen LogP contribution < -0.4 is 10.1 Å². The average molecular weight is 359 g/mol. The Balaban J connectivity index is 2.05. The number of hydrogen-bond acceptors (Lipinski definition) is 4. The van der Waals surface area contributed by atoms with Crippen molar-refractivity contribution in [3.8, 4) is 5.75 Å². The molecular weight excluding hydrogens is 324 g/mol. The number of aryl methyl sites for hydroxylation is 2. The first-order valence-electron chi connectivity index (χ1n) is 9.77. The van der Waals surface area contributed by atoms with Crippen LogP contribution in [-0.2, 0) is 19.6 Å². The molecule has 0 saturated carbocycles. The third kappa shape index (κ3) is 5.49. The molecule has 2 rings (SSSR count). The van der Waals surface area contributed by atoms with E-state index in [4.69, 9.17) is 4.74 Å². The fourth-order valence-electron chi connectivity index (χ4n) is 3.08. The molecule has 0 saturated heterocycles. The number of nitrogens with zero attached hydrogens (tertiary/aromatic N) is 3. The molecule has 0 amide bonds.